The SMILES string of the molecule is CCOC(=O)[C@H]1C[C@@H]1c1nc(-c2ccc(N(Cc3cccc(C)c3)C(=O)OC(C)(C)C)nc2)ccc1OS(=O)(=O)C(F)(F)F.CCOC(=O)[C@H]1C[C@@H]1c1nc(-c2ccc(NCc3cccc(C)c3)nc2)ccc1C#N.Cc1cccc(CNc2ccc(-c3ccc(C#N)c([C@H]4C[C@@H]4C(=O)O)n3)cn2)c1.S.S.S.S.S.S. The van der Waals surface area contributed by atoms with Gasteiger partial charge >= 0.3 is 39.6 Å². The summed E-state index contributed by atoms with van der Waals surface area (Å²) < 4.78 is 82.9. The number of aryl methyl sites for hydroxylation is 3. The Hall–Kier alpha value is -9.54. The highest BCUT2D eigenvalue weighted by Gasteiger charge is 2.52. The van der Waals surface area contributed by atoms with Gasteiger partial charge < -0.3 is 34.1 Å². The highest BCUT2D eigenvalue weighted by molar-refractivity contribution is 7.88. The van der Waals surface area contributed by atoms with E-state index in [4.69, 9.17) is 19.2 Å². The first-order valence-electron chi connectivity index (χ1n) is 33.6. The number of aromatic nitrogens is 6. The predicted molar refractivity (Wildman–Crippen MR) is 444 cm³/mol. The predicted octanol–water partition coefficient (Wildman–Crippen LogP) is 15.7. The third-order valence-corrected chi connectivity index (χ3v) is 17.9. The number of ether oxygens (including phenoxy) is 3. The molecule has 0 saturated heterocycles. The molecule has 3 fully saturated rings. The lowest BCUT2D eigenvalue weighted by molar-refractivity contribution is -0.145. The van der Waals surface area contributed by atoms with Crippen molar-refractivity contribution in [3.8, 4) is 51.7 Å². The summed E-state index contributed by atoms with van der Waals surface area (Å²) in [6, 6.07) is 48.8. The molecule has 3 saturated carbocycles. The Morgan fingerprint density at radius 3 is 1.33 bits per heavy atom. The van der Waals surface area contributed by atoms with Crippen LogP contribution in [0.25, 0.3) is 33.8 Å². The normalized spacial score (nSPS) is 16.0. The smallest absolute Gasteiger partial charge is 0.481 e. The summed E-state index contributed by atoms with van der Waals surface area (Å²) in [4.78, 5) is 77.1. The van der Waals surface area contributed by atoms with Crippen LogP contribution in [0.15, 0.2) is 164 Å². The molecular formula is C78H88F3N11O11S7. The lowest BCUT2D eigenvalue weighted by atomic mass is 10.1. The molecular weight excluding hydrogens is 1550 g/mol. The number of alkyl halides is 3. The van der Waals surface area contributed by atoms with Gasteiger partial charge in [0.15, 0.2) is 5.75 Å². The fourth-order valence-corrected chi connectivity index (χ4v) is 12.0. The molecule has 3 aromatic carbocycles. The van der Waals surface area contributed by atoms with Crippen LogP contribution in [0, 0.1) is 61.2 Å². The van der Waals surface area contributed by atoms with E-state index in [1.54, 1.807) is 77.3 Å². The van der Waals surface area contributed by atoms with Crippen LogP contribution in [-0.4, -0.2) is 91.8 Å². The maximum Gasteiger partial charge on any atom is 0.534 e. The Bertz CT molecular complexity index is 4860. The average Bonchev–Trinajstić information content (AvgIpc) is 1.63. The molecule has 6 heterocycles. The van der Waals surface area contributed by atoms with Crippen LogP contribution in [0.2, 0.25) is 0 Å². The number of amides is 1. The number of carboxylic acid groups (broad SMARTS) is 1. The topological polar surface area (TPSA) is 312 Å². The number of benzene rings is 3. The molecule has 584 valence electrons. The van der Waals surface area contributed by atoms with Crippen molar-refractivity contribution in [2.45, 2.75) is 123 Å². The number of nitriles is 2. The number of aliphatic carboxylic acids is 1. The van der Waals surface area contributed by atoms with Crippen LogP contribution in [0.3, 0.4) is 0 Å². The van der Waals surface area contributed by atoms with Crippen LogP contribution in [0.5, 0.6) is 5.75 Å². The average molecular weight is 1640 g/mol. The minimum atomic E-state index is -5.99. The Morgan fingerprint density at radius 1 is 0.545 bits per heavy atom. The van der Waals surface area contributed by atoms with Crippen molar-refractivity contribution in [2.24, 2.45) is 17.8 Å². The number of carboxylic acids is 1. The highest BCUT2D eigenvalue weighted by Crippen LogP contribution is 2.52. The van der Waals surface area contributed by atoms with E-state index < -0.39 is 62.8 Å². The molecule has 3 aliphatic rings. The van der Waals surface area contributed by atoms with Gasteiger partial charge in [0.2, 0.25) is 0 Å². The molecule has 6 atom stereocenters. The van der Waals surface area contributed by atoms with Crippen molar-refractivity contribution in [1.29, 1.82) is 10.5 Å². The number of anilines is 3. The van der Waals surface area contributed by atoms with Crippen molar-refractivity contribution in [1.82, 2.24) is 29.9 Å². The van der Waals surface area contributed by atoms with Crippen LogP contribution in [0.1, 0.15) is 133 Å². The second-order valence-corrected chi connectivity index (χ2v) is 27.8. The van der Waals surface area contributed by atoms with Gasteiger partial charge in [-0.2, -0.15) is 113 Å². The van der Waals surface area contributed by atoms with E-state index in [-0.39, 0.29) is 141 Å². The van der Waals surface area contributed by atoms with Gasteiger partial charge in [0.25, 0.3) is 0 Å². The molecule has 6 aromatic heterocycles. The van der Waals surface area contributed by atoms with E-state index in [1.165, 1.54) is 39.4 Å². The molecule has 0 radical (unpaired) electrons. The molecule has 110 heavy (non-hydrogen) atoms. The number of carbonyl (C=O) groups is 4. The zero-order chi connectivity index (χ0) is 74.6. The molecule has 12 rings (SSSR count). The van der Waals surface area contributed by atoms with Crippen LogP contribution in [-0.2, 0) is 58.3 Å². The van der Waals surface area contributed by atoms with Crippen molar-refractivity contribution in [3.05, 3.63) is 226 Å². The fraction of sp³-hybridized carbons (Fsp3) is 0.308. The number of hydrogen-bond acceptors (Lipinski definition) is 20. The number of halogens is 3. The molecule has 1 amide bonds. The first kappa shape index (κ1) is 92.8. The monoisotopic (exact) mass is 1640 g/mol. The maximum absolute atomic E-state index is 13.2. The lowest BCUT2D eigenvalue weighted by Crippen LogP contribution is -2.37. The minimum absolute atomic E-state index is 0. The van der Waals surface area contributed by atoms with Crippen molar-refractivity contribution in [3.63, 3.8) is 0 Å². The Labute approximate surface area is 679 Å². The van der Waals surface area contributed by atoms with E-state index in [9.17, 15) is 56.4 Å². The standard InChI is InChI=1S/C30H32F3N3O7S.C25H24N4O2.C23H20N4O2.6H2S/c1-6-41-27(37)22-15-21(22)26-24(43-44(39,40)30(31,32)33)12-11-23(35-26)20-10-13-25(34-16-20)36(28(38)42-29(3,4)5)17-19-9-7-8-18(2)14-19;1-3-31-25(30)21-12-20(21)24-18(13-26)7-9-22(29-24)19-8-10-23(28-15-19)27-14-17-6-4-5-16(2)11-17;1-14-3-2-4-15(9-14)12-25-21-8-6-17(13-26-21)20-7-5-16(11-24)22(27-20)18-10-19(18)23(28)29;;;;;;/h7-14,16,21-22H,6,15,17H2,1-5H3;4-11,15,20-21H,3,12,14H2,1-2H3,(H,27,28);2-9,13,18-19H,10,12H2,1H3,(H,25,26)(H,28,29);6*1H2/t21-,22-;20-,21-;18-,19-;;;;;;/m000....../s1. The van der Waals surface area contributed by atoms with Gasteiger partial charge in [0.1, 0.15) is 35.2 Å². The largest absolute Gasteiger partial charge is 0.534 e. The molecule has 3 N–H and O–H groups in total. The van der Waals surface area contributed by atoms with Gasteiger partial charge in [0, 0.05) is 66.1 Å². The summed E-state index contributed by atoms with van der Waals surface area (Å²) in [7, 11) is -5.99. The van der Waals surface area contributed by atoms with Crippen molar-refractivity contribution < 1.29 is 64.3 Å². The van der Waals surface area contributed by atoms with E-state index in [1.807, 2.05) is 73.7 Å². The van der Waals surface area contributed by atoms with Gasteiger partial charge in [-0.1, -0.05) is 89.5 Å². The number of nitrogens with one attached hydrogen (secondary N) is 2. The summed E-state index contributed by atoms with van der Waals surface area (Å²) in [6.45, 7) is 16.7. The summed E-state index contributed by atoms with van der Waals surface area (Å²) in [5.74, 6) is -2.77. The Balaban J connectivity index is 0.000000347. The molecule has 9 aromatic rings. The number of nitrogens with zero attached hydrogens (tertiary/aromatic N) is 9. The van der Waals surface area contributed by atoms with Crippen LogP contribution < -0.4 is 19.7 Å². The minimum Gasteiger partial charge on any atom is -0.481 e. The summed E-state index contributed by atoms with van der Waals surface area (Å²) in [5, 5.41) is 34.6. The van der Waals surface area contributed by atoms with Crippen molar-refractivity contribution in [2.75, 3.05) is 28.7 Å². The zero-order valence-corrected chi connectivity index (χ0v) is 68.1. The molecule has 0 spiro atoms. The maximum atomic E-state index is 13.2. The Morgan fingerprint density at radius 2 is 0.945 bits per heavy atom. The molecule has 32 heteroatoms. The highest BCUT2D eigenvalue weighted by atomic mass is 32.2. The first-order valence-corrected chi connectivity index (χ1v) is 35.0. The lowest BCUT2D eigenvalue weighted by Gasteiger charge is -2.27. The van der Waals surface area contributed by atoms with E-state index in [0.29, 0.717) is 66.3 Å². The van der Waals surface area contributed by atoms with E-state index in [0.717, 1.165) is 45.6 Å². The third-order valence-electron chi connectivity index (χ3n) is 17.0. The third kappa shape index (κ3) is 24.7. The summed E-state index contributed by atoms with van der Waals surface area (Å²) >= 11 is 0. The second-order valence-electron chi connectivity index (χ2n) is 26.2. The first-order chi connectivity index (χ1) is 49.6. The number of pyridine rings is 6. The number of carbonyl (C=O) groups excluding carboxylic acids is 3. The molecule has 3 aliphatic carbocycles. The van der Waals surface area contributed by atoms with Gasteiger partial charge in [-0.3, -0.25) is 29.3 Å². The number of esters is 2. The number of rotatable bonds is 22. The van der Waals surface area contributed by atoms with Crippen LogP contribution >= 0.6 is 81.0 Å². The van der Waals surface area contributed by atoms with E-state index >= 15 is 0 Å². The molecule has 0 unspecified atom stereocenters. The number of hydrogen-bond donors (Lipinski definition) is 3. The van der Waals surface area contributed by atoms with Gasteiger partial charge in [0.05, 0.1) is 82.8 Å². The fourth-order valence-electron chi connectivity index (χ4n) is 11.5. The van der Waals surface area contributed by atoms with Gasteiger partial charge in [-0.25, -0.2) is 24.7 Å². The summed E-state index contributed by atoms with van der Waals surface area (Å²) in [6.07, 6.45) is 5.69. The van der Waals surface area contributed by atoms with E-state index in [2.05, 4.69) is 102 Å². The quantitative estimate of drug-likeness (QED) is 0.0246. The van der Waals surface area contributed by atoms with Crippen LogP contribution in [0.4, 0.5) is 35.4 Å². The van der Waals surface area contributed by atoms with Gasteiger partial charge in [-0.05, 0) is 164 Å². The molecule has 0 aliphatic heterocycles. The summed E-state index contributed by atoms with van der Waals surface area (Å²) in [5.41, 5.74) is 6.05. The van der Waals surface area contributed by atoms with Gasteiger partial charge in [-0.15, -0.1) is 0 Å². The second kappa shape index (κ2) is 40.9. The zero-order valence-electron chi connectivity index (χ0n) is 61.3. The molecule has 22 nitrogen and oxygen atoms in total. The Kier molecular flexibility index (Phi) is 34.6. The molecule has 0 bridgehead atoms. The van der Waals surface area contributed by atoms with Crippen molar-refractivity contribution >= 4 is 133 Å².